The van der Waals surface area contributed by atoms with Gasteiger partial charge in [0.25, 0.3) is 5.91 Å². The molecule has 3 N–H and O–H groups in total. The van der Waals surface area contributed by atoms with Crippen LogP contribution in [0.5, 0.6) is 11.5 Å². The molecule has 2 heterocycles. The number of hydrogen-bond acceptors (Lipinski definition) is 4. The lowest BCUT2D eigenvalue weighted by atomic mass is 10.0. The number of thiophene rings is 1. The third-order valence-electron chi connectivity index (χ3n) is 5.10. The van der Waals surface area contributed by atoms with Crippen molar-refractivity contribution in [1.82, 2.24) is 5.32 Å². The van der Waals surface area contributed by atoms with Crippen molar-refractivity contribution in [3.05, 3.63) is 81.5 Å². The number of nitrogens with one attached hydrogen (secondary N) is 1. The van der Waals surface area contributed by atoms with Crippen LogP contribution in [0.25, 0.3) is 0 Å². The minimum atomic E-state index is -0.107. The second-order valence-corrected chi connectivity index (χ2v) is 8.22. The molecule has 2 atom stereocenters. The topological polar surface area (TPSA) is 64.2 Å². The maximum Gasteiger partial charge on any atom is 0.275 e. The van der Waals surface area contributed by atoms with Crippen LogP contribution >= 0.6 is 11.3 Å². The molecule has 0 aliphatic carbocycles. The number of carbonyl (C=O) groups excluding carboxylic acids is 1. The molecule has 0 saturated carbocycles. The first-order valence-electron chi connectivity index (χ1n) is 9.72. The Hall–Kier alpha value is -2.83. The molecule has 0 unspecified atom stereocenters. The number of rotatable bonds is 7. The minimum absolute atomic E-state index is 0.00355. The molecule has 1 aliphatic heterocycles. The van der Waals surface area contributed by atoms with E-state index in [-0.39, 0.29) is 24.8 Å². The van der Waals surface area contributed by atoms with Crippen LogP contribution in [0.4, 0.5) is 0 Å². The van der Waals surface area contributed by atoms with E-state index in [0.29, 0.717) is 6.54 Å². The second-order valence-electron chi connectivity index (χ2n) is 7.25. The number of aryl methyl sites for hydroxylation is 1. The van der Waals surface area contributed by atoms with Gasteiger partial charge in [0.2, 0.25) is 6.79 Å². The van der Waals surface area contributed by atoms with Gasteiger partial charge in [-0.1, -0.05) is 42.0 Å². The summed E-state index contributed by atoms with van der Waals surface area (Å²) in [5.41, 5.74) is 3.43. The average molecular weight is 410 g/mol. The highest BCUT2D eigenvalue weighted by Crippen LogP contribution is 2.34. The standard InChI is InChI=1S/C23H24N2O3S/c1-15-5-7-17(8-6-15)23(21-4-3-11-29-21)24-13-22(26)25-16(2)18-9-10-19-20(12-18)28-14-27-19/h3-12,16,23-24H,13-14H2,1-2H3,(H,25,26)/p+1/t16-,23-/m1/s1. The zero-order valence-electron chi connectivity index (χ0n) is 16.6. The van der Waals surface area contributed by atoms with Crippen LogP contribution in [0.15, 0.2) is 60.0 Å². The van der Waals surface area contributed by atoms with E-state index in [1.807, 2.05) is 25.1 Å². The van der Waals surface area contributed by atoms with E-state index in [1.165, 1.54) is 16.0 Å². The normalized spacial score (nSPS) is 14.4. The van der Waals surface area contributed by atoms with E-state index >= 15 is 0 Å². The molecule has 1 aliphatic rings. The van der Waals surface area contributed by atoms with Crippen LogP contribution in [0.2, 0.25) is 0 Å². The Balaban J connectivity index is 1.39. The Morgan fingerprint density at radius 2 is 1.86 bits per heavy atom. The van der Waals surface area contributed by atoms with Gasteiger partial charge in [0.05, 0.1) is 10.9 Å². The molecule has 0 spiro atoms. The van der Waals surface area contributed by atoms with Gasteiger partial charge in [0.15, 0.2) is 18.0 Å². The highest BCUT2D eigenvalue weighted by Gasteiger charge is 2.21. The molecule has 0 radical (unpaired) electrons. The number of hydrogen-bond donors (Lipinski definition) is 2. The number of amides is 1. The van der Waals surface area contributed by atoms with Crippen molar-refractivity contribution in [2.24, 2.45) is 0 Å². The predicted octanol–water partition coefficient (Wildman–Crippen LogP) is 3.32. The lowest BCUT2D eigenvalue weighted by molar-refractivity contribution is -0.676. The number of quaternary nitrogens is 1. The molecule has 0 bridgehead atoms. The fourth-order valence-electron chi connectivity index (χ4n) is 3.45. The average Bonchev–Trinajstić information content (AvgIpc) is 3.40. The van der Waals surface area contributed by atoms with Crippen LogP contribution in [0.1, 0.15) is 40.6 Å². The number of carbonyl (C=O) groups is 1. The number of fused-ring (bicyclic) bond motifs is 1. The molecular formula is C23H25N2O3S+. The van der Waals surface area contributed by atoms with Gasteiger partial charge in [0.1, 0.15) is 6.04 Å². The van der Waals surface area contributed by atoms with Crippen molar-refractivity contribution in [1.29, 1.82) is 0 Å². The van der Waals surface area contributed by atoms with Gasteiger partial charge in [-0.2, -0.15) is 0 Å². The first-order valence-corrected chi connectivity index (χ1v) is 10.6. The first kappa shape index (κ1) is 19.5. The van der Waals surface area contributed by atoms with Crippen molar-refractivity contribution >= 4 is 17.2 Å². The van der Waals surface area contributed by atoms with Gasteiger partial charge in [-0.15, -0.1) is 11.3 Å². The fraction of sp³-hybridized carbons (Fsp3) is 0.261. The van der Waals surface area contributed by atoms with Crippen LogP contribution in [0, 0.1) is 6.92 Å². The summed E-state index contributed by atoms with van der Waals surface area (Å²) < 4.78 is 10.8. The van der Waals surface area contributed by atoms with Crippen LogP contribution < -0.4 is 20.1 Å². The first-order chi connectivity index (χ1) is 14.1. The number of benzene rings is 2. The van der Waals surface area contributed by atoms with E-state index in [1.54, 1.807) is 11.3 Å². The highest BCUT2D eigenvalue weighted by atomic mass is 32.1. The summed E-state index contributed by atoms with van der Waals surface area (Å²) in [6.45, 7) is 4.66. The molecule has 29 heavy (non-hydrogen) atoms. The van der Waals surface area contributed by atoms with Crippen LogP contribution in [0.3, 0.4) is 0 Å². The highest BCUT2D eigenvalue weighted by molar-refractivity contribution is 7.10. The predicted molar refractivity (Wildman–Crippen MR) is 113 cm³/mol. The quantitative estimate of drug-likeness (QED) is 0.629. The molecule has 2 aromatic carbocycles. The summed E-state index contributed by atoms with van der Waals surface area (Å²) in [4.78, 5) is 13.9. The van der Waals surface area contributed by atoms with Crippen molar-refractivity contribution in [3.8, 4) is 11.5 Å². The maximum atomic E-state index is 12.6. The van der Waals surface area contributed by atoms with E-state index in [2.05, 4.69) is 59.3 Å². The summed E-state index contributed by atoms with van der Waals surface area (Å²) in [7, 11) is 0. The smallest absolute Gasteiger partial charge is 0.275 e. The summed E-state index contributed by atoms with van der Waals surface area (Å²) in [6.07, 6.45) is 0. The summed E-state index contributed by atoms with van der Waals surface area (Å²) in [5.74, 6) is 1.48. The van der Waals surface area contributed by atoms with E-state index in [9.17, 15) is 4.79 Å². The van der Waals surface area contributed by atoms with Crippen LogP contribution in [-0.4, -0.2) is 19.2 Å². The molecule has 6 heteroatoms. The Morgan fingerprint density at radius 1 is 1.10 bits per heavy atom. The fourth-order valence-corrected chi connectivity index (χ4v) is 4.30. The van der Waals surface area contributed by atoms with Gasteiger partial charge in [-0.25, -0.2) is 0 Å². The molecule has 0 saturated heterocycles. The summed E-state index contributed by atoms with van der Waals surface area (Å²) in [6, 6.07) is 18.5. The number of nitrogens with two attached hydrogens (primary N) is 1. The van der Waals surface area contributed by atoms with Crippen LogP contribution in [-0.2, 0) is 4.79 Å². The number of ether oxygens (including phenoxy) is 2. The Labute approximate surface area is 174 Å². The zero-order chi connectivity index (χ0) is 20.2. The summed E-state index contributed by atoms with van der Waals surface area (Å²) in [5, 5.41) is 7.26. The molecular weight excluding hydrogens is 384 g/mol. The Bertz CT molecular complexity index is 970. The van der Waals surface area contributed by atoms with E-state index in [0.717, 1.165) is 17.1 Å². The lowest BCUT2D eigenvalue weighted by Crippen LogP contribution is -2.87. The van der Waals surface area contributed by atoms with Gasteiger partial charge >= 0.3 is 0 Å². The van der Waals surface area contributed by atoms with Gasteiger partial charge in [-0.3, -0.25) is 4.79 Å². The van der Waals surface area contributed by atoms with Crippen molar-refractivity contribution < 1.29 is 19.6 Å². The molecule has 5 nitrogen and oxygen atoms in total. The minimum Gasteiger partial charge on any atom is -0.454 e. The van der Waals surface area contributed by atoms with Crippen molar-refractivity contribution in [2.45, 2.75) is 25.9 Å². The molecule has 4 rings (SSSR count). The molecule has 3 aromatic rings. The largest absolute Gasteiger partial charge is 0.454 e. The van der Waals surface area contributed by atoms with E-state index < -0.39 is 0 Å². The molecule has 1 amide bonds. The third kappa shape index (κ3) is 4.60. The third-order valence-corrected chi connectivity index (χ3v) is 6.05. The summed E-state index contributed by atoms with van der Waals surface area (Å²) >= 11 is 1.72. The molecule has 1 aromatic heterocycles. The molecule has 150 valence electrons. The molecule has 0 fully saturated rings. The van der Waals surface area contributed by atoms with Gasteiger partial charge in [0, 0.05) is 5.56 Å². The van der Waals surface area contributed by atoms with Crippen molar-refractivity contribution in [3.63, 3.8) is 0 Å². The maximum absolute atomic E-state index is 12.6. The van der Waals surface area contributed by atoms with E-state index in [4.69, 9.17) is 9.47 Å². The van der Waals surface area contributed by atoms with Gasteiger partial charge < -0.3 is 20.1 Å². The SMILES string of the molecule is Cc1ccc([C@@H]([NH2+]CC(=O)N[C@H](C)c2ccc3c(c2)OCO3)c2cccs2)cc1. The van der Waals surface area contributed by atoms with Crippen molar-refractivity contribution in [2.75, 3.05) is 13.3 Å². The van der Waals surface area contributed by atoms with Gasteiger partial charge in [-0.05, 0) is 43.0 Å². The lowest BCUT2D eigenvalue weighted by Gasteiger charge is -2.17. The zero-order valence-corrected chi connectivity index (χ0v) is 17.4. The Morgan fingerprint density at radius 3 is 2.62 bits per heavy atom. The monoisotopic (exact) mass is 409 g/mol. The Kier molecular flexibility index (Phi) is 5.83. The second kappa shape index (κ2) is 8.68.